The molecule has 2 amide bonds. The van der Waals surface area contributed by atoms with Gasteiger partial charge in [0.2, 0.25) is 5.91 Å². The van der Waals surface area contributed by atoms with Crippen molar-refractivity contribution in [2.45, 2.75) is 69.4 Å². The van der Waals surface area contributed by atoms with E-state index in [1.54, 1.807) is 0 Å². The lowest BCUT2D eigenvalue weighted by Gasteiger charge is -2.37. The van der Waals surface area contributed by atoms with E-state index in [2.05, 4.69) is 16.8 Å². The Balaban J connectivity index is 1.38. The zero-order valence-electron chi connectivity index (χ0n) is 16.8. The van der Waals surface area contributed by atoms with Gasteiger partial charge in [0.15, 0.2) is 0 Å². The fourth-order valence-corrected chi connectivity index (χ4v) is 4.79. The van der Waals surface area contributed by atoms with Gasteiger partial charge in [0.1, 0.15) is 5.60 Å². The lowest BCUT2D eigenvalue weighted by molar-refractivity contribution is -0.118. The predicted molar refractivity (Wildman–Crippen MR) is 104 cm³/mol. The maximum absolute atomic E-state index is 12.3. The molecule has 2 N–H and O–H groups in total. The molecule has 0 unspecified atom stereocenters. The van der Waals surface area contributed by atoms with Crippen molar-refractivity contribution in [1.82, 2.24) is 14.7 Å². The number of rotatable bonds is 8. The van der Waals surface area contributed by atoms with E-state index in [0.29, 0.717) is 19.5 Å². The molecule has 0 bridgehead atoms. The molecule has 0 aromatic carbocycles. The Kier molecular flexibility index (Phi) is 6.98. The summed E-state index contributed by atoms with van der Waals surface area (Å²) >= 11 is 0. The van der Waals surface area contributed by atoms with Crippen LogP contribution in [-0.2, 0) is 9.53 Å². The minimum Gasteiger partial charge on any atom is -0.441 e. The summed E-state index contributed by atoms with van der Waals surface area (Å²) in [5, 5.41) is 0. The molecule has 0 atom stereocenters. The Morgan fingerprint density at radius 2 is 1.93 bits per heavy atom. The summed E-state index contributed by atoms with van der Waals surface area (Å²) in [5.41, 5.74) is 4.91. The summed E-state index contributed by atoms with van der Waals surface area (Å²) < 4.78 is 5.81. The zero-order chi connectivity index (χ0) is 19.3. The van der Waals surface area contributed by atoms with Gasteiger partial charge in [-0.05, 0) is 32.9 Å². The molecule has 3 rings (SSSR count). The van der Waals surface area contributed by atoms with Gasteiger partial charge in [-0.2, -0.15) is 0 Å². The van der Waals surface area contributed by atoms with Gasteiger partial charge in [0, 0.05) is 51.5 Å². The second-order valence-corrected chi connectivity index (χ2v) is 8.66. The first-order valence-electron chi connectivity index (χ1n) is 10.7. The van der Waals surface area contributed by atoms with Crippen LogP contribution >= 0.6 is 0 Å². The van der Waals surface area contributed by atoms with Gasteiger partial charge in [-0.25, -0.2) is 4.79 Å². The fraction of sp³-hybridized carbons (Fsp3) is 0.900. The highest BCUT2D eigenvalue weighted by Gasteiger charge is 2.46. The Morgan fingerprint density at radius 1 is 1.22 bits per heavy atom. The molecular weight excluding hydrogens is 344 g/mol. The van der Waals surface area contributed by atoms with Crippen molar-refractivity contribution in [2.75, 3.05) is 46.3 Å². The zero-order valence-corrected chi connectivity index (χ0v) is 16.8. The van der Waals surface area contributed by atoms with Gasteiger partial charge in [0.25, 0.3) is 0 Å². The van der Waals surface area contributed by atoms with Crippen molar-refractivity contribution in [3.8, 4) is 0 Å². The van der Waals surface area contributed by atoms with Crippen LogP contribution < -0.4 is 5.73 Å². The van der Waals surface area contributed by atoms with Gasteiger partial charge in [-0.3, -0.25) is 4.79 Å². The van der Waals surface area contributed by atoms with Crippen LogP contribution in [0, 0.1) is 0 Å². The summed E-state index contributed by atoms with van der Waals surface area (Å²) in [4.78, 5) is 29.9. The fourth-order valence-electron chi connectivity index (χ4n) is 4.79. The Hall–Kier alpha value is -1.34. The molecular formula is C20H36N4O3. The number of carbonyl (C=O) groups excluding carboxylic acids is 2. The number of nitrogens with two attached hydrogens (primary N) is 1. The number of likely N-dealkylation sites (tertiary alicyclic amines) is 1. The number of nitrogens with zero attached hydrogens (tertiary/aromatic N) is 3. The molecule has 7 heteroatoms. The number of piperidine rings is 1. The summed E-state index contributed by atoms with van der Waals surface area (Å²) in [6, 6.07) is 0.723. The Labute approximate surface area is 163 Å². The largest absolute Gasteiger partial charge is 0.441 e. The highest BCUT2D eigenvalue weighted by atomic mass is 16.6. The highest BCUT2D eigenvalue weighted by molar-refractivity contribution is 5.73. The lowest BCUT2D eigenvalue weighted by Crippen LogP contribution is -2.47. The Morgan fingerprint density at radius 3 is 2.59 bits per heavy atom. The minimum atomic E-state index is -0.324. The maximum Gasteiger partial charge on any atom is 0.410 e. The third-order valence-corrected chi connectivity index (χ3v) is 6.62. The molecule has 0 radical (unpaired) electrons. The molecule has 2 aliphatic heterocycles. The topological polar surface area (TPSA) is 79.1 Å². The van der Waals surface area contributed by atoms with Crippen molar-refractivity contribution in [3.05, 3.63) is 0 Å². The number of amides is 2. The van der Waals surface area contributed by atoms with Gasteiger partial charge >= 0.3 is 6.09 Å². The Bertz CT molecular complexity index is 513. The molecule has 3 fully saturated rings. The molecule has 1 spiro atoms. The van der Waals surface area contributed by atoms with Gasteiger partial charge in [0.05, 0.1) is 6.54 Å². The number of hydrogen-bond donors (Lipinski definition) is 1. The van der Waals surface area contributed by atoms with Crippen LogP contribution in [0.4, 0.5) is 4.79 Å². The number of primary amides is 1. The van der Waals surface area contributed by atoms with E-state index >= 15 is 0 Å². The van der Waals surface area contributed by atoms with Crippen molar-refractivity contribution >= 4 is 12.0 Å². The van der Waals surface area contributed by atoms with Crippen LogP contribution in [0.3, 0.4) is 0 Å². The summed E-state index contributed by atoms with van der Waals surface area (Å²) in [6.07, 6.45) is 9.66. The number of ether oxygens (including phenoxy) is 1. The summed E-state index contributed by atoms with van der Waals surface area (Å²) in [6.45, 7) is 4.96. The van der Waals surface area contributed by atoms with E-state index in [1.165, 1.54) is 32.1 Å². The molecule has 2 heterocycles. The SMILES string of the molecule is CN(CCCN1CC2(CCN(CCC(N)=O)CC2)OC1=O)C1CCCCC1. The second kappa shape index (κ2) is 9.24. The summed E-state index contributed by atoms with van der Waals surface area (Å²) in [7, 11) is 2.22. The van der Waals surface area contributed by atoms with Crippen LogP contribution in [0.2, 0.25) is 0 Å². The first kappa shape index (κ1) is 20.4. The molecule has 0 aromatic heterocycles. The number of carbonyl (C=O) groups is 2. The molecule has 154 valence electrons. The molecule has 27 heavy (non-hydrogen) atoms. The first-order chi connectivity index (χ1) is 13.0. The molecule has 1 saturated carbocycles. The van der Waals surface area contributed by atoms with E-state index in [0.717, 1.165) is 51.5 Å². The highest BCUT2D eigenvalue weighted by Crippen LogP contribution is 2.33. The van der Waals surface area contributed by atoms with Gasteiger partial charge in [-0.1, -0.05) is 19.3 Å². The standard InChI is InChI=1S/C20H36N4O3/c1-22(17-6-3-2-4-7-17)11-5-12-24-16-20(27-19(24)26)9-14-23(15-10-20)13-8-18(21)25/h17H,2-16H2,1H3,(H2,21,25). The van der Waals surface area contributed by atoms with Crippen molar-refractivity contribution < 1.29 is 14.3 Å². The molecule has 1 aliphatic carbocycles. The molecule has 0 aromatic rings. The average molecular weight is 381 g/mol. The van der Waals surface area contributed by atoms with E-state index in [1.807, 2.05) is 4.90 Å². The van der Waals surface area contributed by atoms with Crippen LogP contribution in [-0.4, -0.2) is 84.7 Å². The van der Waals surface area contributed by atoms with E-state index in [9.17, 15) is 9.59 Å². The van der Waals surface area contributed by atoms with Crippen molar-refractivity contribution in [3.63, 3.8) is 0 Å². The van der Waals surface area contributed by atoms with E-state index in [-0.39, 0.29) is 17.6 Å². The smallest absolute Gasteiger partial charge is 0.410 e. The lowest BCUT2D eigenvalue weighted by atomic mass is 9.91. The monoisotopic (exact) mass is 380 g/mol. The molecule has 2 saturated heterocycles. The van der Waals surface area contributed by atoms with Crippen molar-refractivity contribution in [1.29, 1.82) is 0 Å². The average Bonchev–Trinajstić information content (AvgIpc) is 2.97. The normalized spacial score (nSPS) is 23.9. The third kappa shape index (κ3) is 5.57. The van der Waals surface area contributed by atoms with Gasteiger partial charge in [-0.15, -0.1) is 0 Å². The van der Waals surface area contributed by atoms with Crippen LogP contribution in [0.25, 0.3) is 0 Å². The number of hydrogen-bond acceptors (Lipinski definition) is 5. The maximum atomic E-state index is 12.3. The van der Waals surface area contributed by atoms with Gasteiger partial charge < -0.3 is 25.2 Å². The third-order valence-electron chi connectivity index (χ3n) is 6.62. The second-order valence-electron chi connectivity index (χ2n) is 8.66. The van der Waals surface area contributed by atoms with Crippen LogP contribution in [0.15, 0.2) is 0 Å². The summed E-state index contributed by atoms with van der Waals surface area (Å²) in [5.74, 6) is -0.257. The van der Waals surface area contributed by atoms with E-state index < -0.39 is 0 Å². The molecule has 7 nitrogen and oxygen atoms in total. The quantitative estimate of drug-likeness (QED) is 0.695. The minimum absolute atomic E-state index is 0.152. The van der Waals surface area contributed by atoms with Crippen molar-refractivity contribution in [2.24, 2.45) is 5.73 Å². The van der Waals surface area contributed by atoms with Crippen LogP contribution in [0.1, 0.15) is 57.8 Å². The first-order valence-corrected chi connectivity index (χ1v) is 10.7. The van der Waals surface area contributed by atoms with E-state index in [4.69, 9.17) is 10.5 Å². The predicted octanol–water partition coefficient (Wildman–Crippen LogP) is 1.80. The molecule has 3 aliphatic rings. The van der Waals surface area contributed by atoms with Crippen LogP contribution in [0.5, 0.6) is 0 Å².